The number of fused-ring (bicyclic) bond motifs is 1. The van der Waals surface area contributed by atoms with Crippen molar-refractivity contribution in [3.63, 3.8) is 0 Å². The van der Waals surface area contributed by atoms with Gasteiger partial charge < -0.3 is 5.11 Å². The summed E-state index contributed by atoms with van der Waals surface area (Å²) in [5.41, 5.74) is 5.25. The van der Waals surface area contributed by atoms with E-state index in [2.05, 4.69) is 31.0 Å². The van der Waals surface area contributed by atoms with Crippen LogP contribution in [-0.2, 0) is 5.41 Å². The molecule has 0 aliphatic heterocycles. The van der Waals surface area contributed by atoms with Crippen LogP contribution in [0.3, 0.4) is 0 Å². The maximum absolute atomic E-state index is 11.8. The van der Waals surface area contributed by atoms with Gasteiger partial charge >= 0.3 is 0 Å². The molecule has 182 valence electrons. The van der Waals surface area contributed by atoms with Crippen LogP contribution in [0, 0.1) is 6.92 Å². The summed E-state index contributed by atoms with van der Waals surface area (Å²) >= 11 is 5.99. The second-order valence-corrected chi connectivity index (χ2v) is 10.1. The van der Waals surface area contributed by atoms with Crippen molar-refractivity contribution >= 4 is 28.4 Å². The molecule has 0 aliphatic carbocycles. The van der Waals surface area contributed by atoms with Gasteiger partial charge in [0.2, 0.25) is 0 Å². The molecule has 0 fully saturated rings. The number of halogens is 1. The molecule has 0 unspecified atom stereocenters. The lowest BCUT2D eigenvalue weighted by atomic mass is 9.85. The number of rotatable bonds is 3. The zero-order valence-corrected chi connectivity index (χ0v) is 21.5. The van der Waals surface area contributed by atoms with E-state index >= 15 is 0 Å². The smallest absolute Gasteiger partial charge is 0.193 e. The second kappa shape index (κ2) is 10.3. The largest absolute Gasteiger partial charge is 0.505 e. The topological polar surface area (TPSA) is 68.0 Å². The Labute approximate surface area is 216 Å². The molecule has 36 heavy (non-hydrogen) atoms. The van der Waals surface area contributed by atoms with Crippen LogP contribution >= 0.6 is 11.6 Å². The van der Waals surface area contributed by atoms with E-state index in [4.69, 9.17) is 11.6 Å². The fraction of sp³-hybridized carbons (Fsp3) is 0.167. The molecule has 0 saturated heterocycles. The Balaban J connectivity index is 0.000000187. The van der Waals surface area contributed by atoms with Gasteiger partial charge in [-0.1, -0.05) is 99.1 Å². The maximum atomic E-state index is 11.8. The summed E-state index contributed by atoms with van der Waals surface area (Å²) in [6.07, 6.45) is 0. The third kappa shape index (κ3) is 5.64. The highest BCUT2D eigenvalue weighted by molar-refractivity contribution is 6.31. The number of hydrogen-bond acceptors (Lipinski definition) is 4. The fourth-order valence-corrected chi connectivity index (χ4v) is 3.99. The lowest BCUT2D eigenvalue weighted by Crippen LogP contribution is -2.13. The van der Waals surface area contributed by atoms with Crippen molar-refractivity contribution in [2.24, 2.45) is 0 Å². The zero-order chi connectivity index (χ0) is 25.9. The summed E-state index contributed by atoms with van der Waals surface area (Å²) in [6.45, 7) is 8.20. The van der Waals surface area contributed by atoms with Crippen molar-refractivity contribution in [1.82, 2.24) is 15.0 Å². The number of aromatic nitrogens is 3. The third-order valence-corrected chi connectivity index (χ3v) is 5.91. The van der Waals surface area contributed by atoms with Crippen LogP contribution in [0.2, 0.25) is 5.02 Å². The van der Waals surface area contributed by atoms with E-state index < -0.39 is 0 Å². The summed E-state index contributed by atoms with van der Waals surface area (Å²) < 4.78 is 0. The van der Waals surface area contributed by atoms with Crippen LogP contribution in [-0.4, -0.2) is 25.9 Å². The number of nitrogens with zero attached hydrogens (tertiary/aromatic N) is 3. The summed E-state index contributed by atoms with van der Waals surface area (Å²) in [5.74, 6) is 0.288. The lowest BCUT2D eigenvalue weighted by molar-refractivity contribution is 0.103. The van der Waals surface area contributed by atoms with E-state index in [1.807, 2.05) is 85.8 Å². The number of aromatic hydroxyl groups is 1. The Kier molecular flexibility index (Phi) is 7.22. The molecule has 1 heterocycles. The normalized spacial score (nSPS) is 11.1. The third-order valence-electron chi connectivity index (χ3n) is 5.67. The van der Waals surface area contributed by atoms with Crippen molar-refractivity contribution in [2.75, 3.05) is 0 Å². The molecule has 0 spiro atoms. The SMILES string of the molecule is Cc1cc(-n2nc3ccc(Cl)cc3n2)c(O)c(C(C)(C)C)c1.O=C(c1ccccc1)c1ccccc1. The van der Waals surface area contributed by atoms with Gasteiger partial charge in [0.1, 0.15) is 22.5 Å². The average Bonchev–Trinajstić information content (AvgIpc) is 3.28. The first-order valence-electron chi connectivity index (χ1n) is 11.7. The van der Waals surface area contributed by atoms with Crippen LogP contribution in [0.5, 0.6) is 5.75 Å². The van der Waals surface area contributed by atoms with E-state index in [0.717, 1.165) is 27.8 Å². The predicted molar refractivity (Wildman–Crippen MR) is 145 cm³/mol. The standard InChI is InChI=1S/C17H18ClN3O.C13H10O/c1-10-7-12(17(2,3)4)16(22)15(8-10)21-19-13-6-5-11(18)9-14(13)20-21;14-13(11-7-3-1-4-8-11)12-9-5-2-6-10-12/h5-9,22H,1-4H3;1-10H. The van der Waals surface area contributed by atoms with Gasteiger partial charge in [-0.05, 0) is 42.2 Å². The van der Waals surface area contributed by atoms with Gasteiger partial charge in [0, 0.05) is 21.7 Å². The van der Waals surface area contributed by atoms with E-state index in [9.17, 15) is 9.90 Å². The highest BCUT2D eigenvalue weighted by Crippen LogP contribution is 2.36. The zero-order valence-electron chi connectivity index (χ0n) is 20.7. The Morgan fingerprint density at radius 2 is 1.36 bits per heavy atom. The van der Waals surface area contributed by atoms with Crippen molar-refractivity contribution in [2.45, 2.75) is 33.1 Å². The van der Waals surface area contributed by atoms with Crippen molar-refractivity contribution in [3.05, 3.63) is 118 Å². The predicted octanol–water partition coefficient (Wildman–Crippen LogP) is 7.30. The summed E-state index contributed by atoms with van der Waals surface area (Å²) in [6, 6.07) is 27.8. The molecule has 1 N–H and O–H groups in total. The van der Waals surface area contributed by atoms with E-state index in [-0.39, 0.29) is 16.9 Å². The molecule has 5 rings (SSSR count). The minimum absolute atomic E-state index is 0.0752. The van der Waals surface area contributed by atoms with Gasteiger partial charge in [0.05, 0.1) is 0 Å². The molecular weight excluding hydrogens is 470 g/mol. The Morgan fingerprint density at radius 1 is 0.806 bits per heavy atom. The van der Waals surface area contributed by atoms with E-state index in [1.165, 1.54) is 4.80 Å². The lowest BCUT2D eigenvalue weighted by Gasteiger charge is -2.22. The van der Waals surface area contributed by atoms with Crippen molar-refractivity contribution in [1.29, 1.82) is 0 Å². The molecule has 0 aliphatic rings. The number of hydrogen-bond donors (Lipinski definition) is 1. The first-order chi connectivity index (χ1) is 17.1. The maximum Gasteiger partial charge on any atom is 0.193 e. The minimum atomic E-state index is -0.166. The fourth-order valence-electron chi connectivity index (χ4n) is 3.83. The highest BCUT2D eigenvalue weighted by atomic mass is 35.5. The van der Waals surface area contributed by atoms with Gasteiger partial charge in [0.25, 0.3) is 0 Å². The Morgan fingerprint density at radius 3 is 1.92 bits per heavy atom. The van der Waals surface area contributed by atoms with Gasteiger partial charge in [-0.2, -0.15) is 0 Å². The van der Waals surface area contributed by atoms with Crippen LogP contribution in [0.4, 0.5) is 0 Å². The number of phenolic OH excluding ortho intramolecular Hbond substituents is 1. The van der Waals surface area contributed by atoms with Crippen LogP contribution in [0.15, 0.2) is 91.0 Å². The Bertz CT molecular complexity index is 1460. The molecule has 0 bridgehead atoms. The van der Waals surface area contributed by atoms with Gasteiger partial charge in [-0.3, -0.25) is 4.79 Å². The molecular formula is C30H28ClN3O2. The molecule has 5 aromatic rings. The molecule has 5 nitrogen and oxygen atoms in total. The average molecular weight is 498 g/mol. The van der Waals surface area contributed by atoms with Crippen LogP contribution in [0.25, 0.3) is 16.7 Å². The number of phenols is 1. The summed E-state index contributed by atoms with van der Waals surface area (Å²) in [7, 11) is 0. The van der Waals surface area contributed by atoms with Crippen LogP contribution < -0.4 is 0 Å². The number of carbonyl (C=O) groups excluding carboxylic acids is 1. The summed E-state index contributed by atoms with van der Waals surface area (Å²) in [4.78, 5) is 13.3. The van der Waals surface area contributed by atoms with Crippen molar-refractivity contribution in [3.8, 4) is 11.4 Å². The number of ketones is 1. The summed E-state index contributed by atoms with van der Waals surface area (Å²) in [5, 5.41) is 20.1. The van der Waals surface area contributed by atoms with Gasteiger partial charge in [0.15, 0.2) is 5.78 Å². The number of benzene rings is 4. The highest BCUT2D eigenvalue weighted by Gasteiger charge is 2.22. The molecule has 4 aromatic carbocycles. The van der Waals surface area contributed by atoms with Gasteiger partial charge in [-0.15, -0.1) is 15.0 Å². The monoisotopic (exact) mass is 497 g/mol. The van der Waals surface area contributed by atoms with Crippen LogP contribution in [0.1, 0.15) is 47.8 Å². The van der Waals surface area contributed by atoms with E-state index in [0.29, 0.717) is 16.2 Å². The molecule has 1 aromatic heterocycles. The number of carbonyl (C=O) groups is 1. The molecule has 0 saturated carbocycles. The molecule has 0 atom stereocenters. The molecule has 0 radical (unpaired) electrons. The molecule has 0 amide bonds. The minimum Gasteiger partial charge on any atom is -0.505 e. The number of aryl methyl sites for hydroxylation is 1. The van der Waals surface area contributed by atoms with Gasteiger partial charge in [-0.25, -0.2) is 0 Å². The first kappa shape index (κ1) is 25.1. The van der Waals surface area contributed by atoms with E-state index in [1.54, 1.807) is 12.1 Å². The van der Waals surface area contributed by atoms with Crippen molar-refractivity contribution < 1.29 is 9.90 Å². The Hall–Kier alpha value is -3.96. The first-order valence-corrected chi connectivity index (χ1v) is 12.0. The quantitative estimate of drug-likeness (QED) is 0.265. The molecule has 6 heteroatoms. The second-order valence-electron chi connectivity index (χ2n) is 9.61.